The Kier molecular flexibility index (Phi) is 5.89. The van der Waals surface area contributed by atoms with E-state index in [1.165, 1.54) is 6.07 Å². The first-order valence-electron chi connectivity index (χ1n) is 4.48. The zero-order valence-corrected chi connectivity index (χ0v) is 12.4. The van der Waals surface area contributed by atoms with Crippen LogP contribution in [0.2, 0.25) is 15.1 Å². The first-order chi connectivity index (χ1) is 8.38. The Morgan fingerprint density at radius 1 is 1.33 bits per heavy atom. The monoisotopic (exact) mass is 347 g/mol. The van der Waals surface area contributed by atoms with Gasteiger partial charge >= 0.3 is 0 Å². The lowest BCUT2D eigenvalue weighted by molar-refractivity contribution is -0.117. The number of aromatic hydroxyl groups is 1. The van der Waals surface area contributed by atoms with Crippen LogP contribution >= 0.6 is 58.0 Å². The number of benzene rings is 1. The fourth-order valence-electron chi connectivity index (χ4n) is 1.10. The van der Waals surface area contributed by atoms with E-state index in [1.807, 2.05) is 0 Å². The summed E-state index contributed by atoms with van der Waals surface area (Å²) in [5.74, 6) is -0.865. The molecule has 1 aromatic carbocycles. The molecule has 0 bridgehead atoms. The number of phenols is 1. The number of rotatable bonds is 3. The van der Waals surface area contributed by atoms with Gasteiger partial charge in [-0.15, -0.1) is 0 Å². The van der Waals surface area contributed by atoms with Crippen molar-refractivity contribution in [2.75, 3.05) is 0 Å². The first-order valence-corrected chi connectivity index (χ1v) is 6.42. The molecule has 8 heteroatoms. The maximum atomic E-state index is 11.4. The van der Waals surface area contributed by atoms with Crippen molar-refractivity contribution in [3.8, 4) is 5.75 Å². The van der Waals surface area contributed by atoms with Crippen LogP contribution in [0.1, 0.15) is 5.56 Å². The summed E-state index contributed by atoms with van der Waals surface area (Å²) in [6.45, 7) is -0.0925. The maximum absolute atomic E-state index is 11.4. The van der Waals surface area contributed by atoms with Crippen molar-refractivity contribution in [2.45, 2.75) is 6.54 Å². The number of amides is 1. The minimum Gasteiger partial charge on any atom is -0.506 e. The van der Waals surface area contributed by atoms with Crippen LogP contribution in [0.3, 0.4) is 0 Å². The van der Waals surface area contributed by atoms with Crippen LogP contribution in [-0.4, -0.2) is 11.0 Å². The molecule has 2 N–H and O–H groups in total. The molecule has 0 aliphatic rings. The summed E-state index contributed by atoms with van der Waals surface area (Å²) in [6, 6.07) is 1.30. The normalized spacial score (nSPS) is 11.5. The lowest BCUT2D eigenvalue weighted by Gasteiger charge is -2.11. The van der Waals surface area contributed by atoms with Crippen molar-refractivity contribution in [1.82, 2.24) is 5.32 Å². The van der Waals surface area contributed by atoms with Gasteiger partial charge in [-0.2, -0.15) is 0 Å². The molecule has 0 saturated heterocycles. The van der Waals surface area contributed by atoms with E-state index < -0.39 is 5.91 Å². The fraction of sp³-hybridized carbons (Fsp3) is 0.100. The van der Waals surface area contributed by atoms with Crippen LogP contribution in [0.25, 0.3) is 0 Å². The van der Waals surface area contributed by atoms with Gasteiger partial charge in [0.15, 0.2) is 0 Å². The second-order valence-electron chi connectivity index (χ2n) is 3.12. The van der Waals surface area contributed by atoms with E-state index in [-0.39, 0.29) is 38.0 Å². The third kappa shape index (κ3) is 3.59. The van der Waals surface area contributed by atoms with E-state index in [0.717, 1.165) is 5.54 Å². The molecule has 0 heterocycles. The van der Waals surface area contributed by atoms with Gasteiger partial charge in [0.05, 0.1) is 15.1 Å². The SMILES string of the molecule is O=C(NCc1c(O)c(Cl)cc(Cl)c1Cl)/C(Cl)=C/Cl. The Morgan fingerprint density at radius 3 is 2.50 bits per heavy atom. The quantitative estimate of drug-likeness (QED) is 0.632. The number of hydrogen-bond donors (Lipinski definition) is 2. The summed E-state index contributed by atoms with van der Waals surface area (Å²) < 4.78 is 0. The van der Waals surface area contributed by atoms with E-state index in [9.17, 15) is 9.90 Å². The summed E-state index contributed by atoms with van der Waals surface area (Å²) in [4.78, 5) is 11.4. The van der Waals surface area contributed by atoms with Gasteiger partial charge in [0.1, 0.15) is 10.8 Å². The van der Waals surface area contributed by atoms with Crippen LogP contribution in [-0.2, 0) is 11.3 Å². The number of nitrogens with one attached hydrogen (secondary N) is 1. The smallest absolute Gasteiger partial charge is 0.263 e. The minimum absolute atomic E-state index is 0.0348. The topological polar surface area (TPSA) is 49.3 Å². The molecular weight excluding hydrogens is 343 g/mol. The highest BCUT2D eigenvalue weighted by Gasteiger charge is 2.16. The molecule has 1 rings (SSSR count). The molecule has 0 atom stereocenters. The average Bonchev–Trinajstić information content (AvgIpc) is 2.35. The summed E-state index contributed by atoms with van der Waals surface area (Å²) in [6.07, 6.45) is 0. The lowest BCUT2D eigenvalue weighted by Crippen LogP contribution is -2.22. The van der Waals surface area contributed by atoms with Crippen LogP contribution in [0, 0.1) is 0 Å². The fourth-order valence-corrected chi connectivity index (χ4v) is 1.98. The molecule has 0 aromatic heterocycles. The Bertz CT molecular complexity index is 489. The van der Waals surface area contributed by atoms with E-state index in [4.69, 9.17) is 58.0 Å². The lowest BCUT2D eigenvalue weighted by atomic mass is 10.2. The van der Waals surface area contributed by atoms with Gasteiger partial charge in [0.2, 0.25) is 0 Å². The third-order valence-electron chi connectivity index (χ3n) is 1.98. The zero-order chi connectivity index (χ0) is 13.9. The highest BCUT2D eigenvalue weighted by molar-refractivity contribution is 6.46. The van der Waals surface area contributed by atoms with E-state index in [1.54, 1.807) is 0 Å². The Hall–Kier alpha value is -0.320. The Morgan fingerprint density at radius 2 is 1.94 bits per heavy atom. The second kappa shape index (κ2) is 6.73. The Labute approximate surface area is 128 Å². The summed E-state index contributed by atoms with van der Waals surface area (Å²) >= 11 is 28.2. The largest absolute Gasteiger partial charge is 0.506 e. The van der Waals surface area contributed by atoms with Crippen LogP contribution < -0.4 is 5.32 Å². The molecule has 0 fully saturated rings. The van der Waals surface area contributed by atoms with Gasteiger partial charge in [0.25, 0.3) is 5.91 Å². The van der Waals surface area contributed by atoms with Crippen LogP contribution in [0.5, 0.6) is 5.75 Å². The van der Waals surface area contributed by atoms with Gasteiger partial charge < -0.3 is 10.4 Å². The van der Waals surface area contributed by atoms with E-state index in [2.05, 4.69) is 5.32 Å². The minimum atomic E-state index is -0.613. The van der Waals surface area contributed by atoms with Crippen LogP contribution in [0.4, 0.5) is 0 Å². The van der Waals surface area contributed by atoms with Crippen molar-refractivity contribution in [2.24, 2.45) is 0 Å². The van der Waals surface area contributed by atoms with Gasteiger partial charge in [-0.25, -0.2) is 0 Å². The highest BCUT2D eigenvalue weighted by Crippen LogP contribution is 2.38. The number of carbonyl (C=O) groups is 1. The maximum Gasteiger partial charge on any atom is 0.263 e. The van der Waals surface area contributed by atoms with E-state index >= 15 is 0 Å². The van der Waals surface area contributed by atoms with Crippen molar-refractivity contribution in [3.05, 3.63) is 37.3 Å². The van der Waals surface area contributed by atoms with Gasteiger partial charge in [-0.05, 0) is 6.07 Å². The molecule has 0 radical (unpaired) electrons. The molecule has 1 aromatic rings. The summed E-state index contributed by atoms with van der Waals surface area (Å²) in [7, 11) is 0. The standard InChI is InChI=1S/C10H6Cl5NO2/c11-2-7(14)10(18)16-3-4-8(15)5(12)1-6(13)9(4)17/h1-2,17H,3H2,(H,16,18)/b7-2-. The molecule has 3 nitrogen and oxygen atoms in total. The predicted octanol–water partition coefficient (Wildman–Crippen LogP) is 4.29. The zero-order valence-electron chi connectivity index (χ0n) is 8.61. The molecule has 0 aliphatic carbocycles. The van der Waals surface area contributed by atoms with Crippen molar-refractivity contribution in [3.63, 3.8) is 0 Å². The predicted molar refractivity (Wildman–Crippen MR) is 74.8 cm³/mol. The number of halogens is 5. The second-order valence-corrected chi connectivity index (χ2v) is 4.94. The van der Waals surface area contributed by atoms with Crippen molar-refractivity contribution >= 4 is 63.9 Å². The summed E-state index contributed by atoms with van der Waals surface area (Å²) in [5, 5.41) is 12.2. The molecule has 18 heavy (non-hydrogen) atoms. The summed E-state index contributed by atoms with van der Waals surface area (Å²) in [5.41, 5.74) is 1.12. The van der Waals surface area contributed by atoms with Gasteiger partial charge in [0, 0.05) is 17.6 Å². The molecule has 0 aliphatic heterocycles. The average molecular weight is 349 g/mol. The molecule has 1 amide bonds. The first kappa shape index (κ1) is 15.7. The highest BCUT2D eigenvalue weighted by atomic mass is 35.5. The van der Waals surface area contributed by atoms with Gasteiger partial charge in [-0.1, -0.05) is 58.0 Å². The number of carbonyl (C=O) groups excluding carboxylic acids is 1. The molecule has 0 spiro atoms. The Balaban J connectivity index is 2.95. The van der Waals surface area contributed by atoms with Crippen LogP contribution in [0.15, 0.2) is 16.6 Å². The third-order valence-corrected chi connectivity index (χ3v) is 3.70. The molecular formula is C10H6Cl5NO2. The molecule has 0 unspecified atom stereocenters. The molecule has 98 valence electrons. The molecule has 0 saturated carbocycles. The number of hydrogen-bond acceptors (Lipinski definition) is 2. The number of phenolic OH excluding ortho intramolecular Hbond substituents is 1. The van der Waals surface area contributed by atoms with Crippen molar-refractivity contribution in [1.29, 1.82) is 0 Å². The van der Waals surface area contributed by atoms with Crippen molar-refractivity contribution < 1.29 is 9.90 Å². The van der Waals surface area contributed by atoms with E-state index in [0.29, 0.717) is 0 Å². The van der Waals surface area contributed by atoms with Gasteiger partial charge in [-0.3, -0.25) is 4.79 Å².